The number of aromatic nitrogens is 1. The Morgan fingerprint density at radius 1 is 1.61 bits per heavy atom. The maximum Gasteiger partial charge on any atom is 0.234 e. The maximum atomic E-state index is 11.6. The summed E-state index contributed by atoms with van der Waals surface area (Å²) in [7, 11) is 1.94. The van der Waals surface area contributed by atoms with E-state index < -0.39 is 0 Å². The van der Waals surface area contributed by atoms with Crippen molar-refractivity contribution in [2.75, 3.05) is 13.6 Å². The first-order valence-electron chi connectivity index (χ1n) is 6.29. The van der Waals surface area contributed by atoms with Crippen LogP contribution in [0.25, 0.3) is 0 Å². The van der Waals surface area contributed by atoms with Gasteiger partial charge in [-0.3, -0.25) is 14.7 Å². The van der Waals surface area contributed by atoms with E-state index in [-0.39, 0.29) is 5.91 Å². The Labute approximate surface area is 107 Å². The molecule has 0 aromatic carbocycles. The van der Waals surface area contributed by atoms with Crippen LogP contribution in [0.2, 0.25) is 0 Å². The van der Waals surface area contributed by atoms with E-state index in [1.165, 1.54) is 0 Å². The van der Waals surface area contributed by atoms with Gasteiger partial charge in [0.15, 0.2) is 0 Å². The van der Waals surface area contributed by atoms with Crippen LogP contribution in [0.5, 0.6) is 0 Å². The van der Waals surface area contributed by atoms with Gasteiger partial charge in [0.25, 0.3) is 0 Å². The number of hydrogen-bond donors (Lipinski definition) is 2. The Kier molecular flexibility index (Phi) is 4.28. The number of likely N-dealkylation sites (N-methyl/N-ethyl adjacent to an activating group) is 1. The first-order valence-corrected chi connectivity index (χ1v) is 6.29. The highest BCUT2D eigenvalue weighted by Gasteiger charge is 2.23. The number of nitrogens with two attached hydrogens (primary N) is 1. The van der Waals surface area contributed by atoms with E-state index in [0.29, 0.717) is 19.1 Å². The molecular formula is C13H20N4O. The zero-order valence-electron chi connectivity index (χ0n) is 10.7. The van der Waals surface area contributed by atoms with Crippen LogP contribution in [0.1, 0.15) is 24.1 Å². The molecular weight excluding hydrogens is 228 g/mol. The smallest absolute Gasteiger partial charge is 0.234 e. The summed E-state index contributed by atoms with van der Waals surface area (Å²) in [5, 5.41) is 2.98. The predicted molar refractivity (Wildman–Crippen MR) is 69.6 cm³/mol. The SMILES string of the molecule is CN(CC(=O)NC1CC1)Cc1ccnc(CN)c1. The number of amides is 1. The molecule has 1 aliphatic carbocycles. The lowest BCUT2D eigenvalue weighted by atomic mass is 10.2. The lowest BCUT2D eigenvalue weighted by molar-refractivity contribution is -0.122. The highest BCUT2D eigenvalue weighted by molar-refractivity contribution is 5.78. The van der Waals surface area contributed by atoms with Gasteiger partial charge >= 0.3 is 0 Å². The molecule has 3 N–H and O–H groups in total. The van der Waals surface area contributed by atoms with Gasteiger partial charge in [0, 0.05) is 25.3 Å². The first kappa shape index (κ1) is 13.0. The summed E-state index contributed by atoms with van der Waals surface area (Å²) in [5.74, 6) is 0.105. The van der Waals surface area contributed by atoms with Gasteiger partial charge in [0.1, 0.15) is 0 Å². The van der Waals surface area contributed by atoms with Crippen LogP contribution < -0.4 is 11.1 Å². The number of nitrogens with zero attached hydrogens (tertiary/aromatic N) is 2. The summed E-state index contributed by atoms with van der Waals surface area (Å²) in [6.45, 7) is 1.60. The zero-order valence-corrected chi connectivity index (χ0v) is 10.7. The number of carbonyl (C=O) groups is 1. The van der Waals surface area contributed by atoms with E-state index >= 15 is 0 Å². The fraction of sp³-hybridized carbons (Fsp3) is 0.538. The van der Waals surface area contributed by atoms with E-state index in [0.717, 1.165) is 30.6 Å². The van der Waals surface area contributed by atoms with Gasteiger partial charge < -0.3 is 11.1 Å². The minimum absolute atomic E-state index is 0.105. The molecule has 1 amide bonds. The average molecular weight is 248 g/mol. The second kappa shape index (κ2) is 5.93. The highest BCUT2D eigenvalue weighted by Crippen LogP contribution is 2.18. The van der Waals surface area contributed by atoms with E-state index in [9.17, 15) is 4.79 Å². The summed E-state index contributed by atoms with van der Waals surface area (Å²) in [4.78, 5) is 17.8. The molecule has 0 aliphatic heterocycles. The van der Waals surface area contributed by atoms with Gasteiger partial charge in [0.2, 0.25) is 5.91 Å². The van der Waals surface area contributed by atoms with Crippen molar-refractivity contribution in [2.45, 2.75) is 32.0 Å². The summed E-state index contributed by atoms with van der Waals surface area (Å²) >= 11 is 0. The zero-order chi connectivity index (χ0) is 13.0. The molecule has 1 heterocycles. The van der Waals surface area contributed by atoms with Crippen molar-refractivity contribution < 1.29 is 4.79 Å². The lowest BCUT2D eigenvalue weighted by Crippen LogP contribution is -2.35. The maximum absolute atomic E-state index is 11.6. The summed E-state index contributed by atoms with van der Waals surface area (Å²) in [6, 6.07) is 4.36. The molecule has 0 saturated heterocycles. The largest absolute Gasteiger partial charge is 0.352 e. The van der Waals surface area contributed by atoms with Crippen LogP contribution in [-0.2, 0) is 17.9 Å². The molecule has 18 heavy (non-hydrogen) atoms. The van der Waals surface area contributed by atoms with Crippen molar-refractivity contribution in [3.05, 3.63) is 29.6 Å². The molecule has 1 saturated carbocycles. The molecule has 1 aromatic rings. The van der Waals surface area contributed by atoms with Crippen LogP contribution in [0.15, 0.2) is 18.3 Å². The first-order chi connectivity index (χ1) is 8.67. The number of rotatable bonds is 6. The molecule has 0 bridgehead atoms. The average Bonchev–Trinajstić information content (AvgIpc) is 3.12. The lowest BCUT2D eigenvalue weighted by Gasteiger charge is -2.16. The fourth-order valence-corrected chi connectivity index (χ4v) is 1.85. The van der Waals surface area contributed by atoms with Crippen LogP contribution in [-0.4, -0.2) is 35.4 Å². The Morgan fingerprint density at radius 3 is 3.06 bits per heavy atom. The van der Waals surface area contributed by atoms with Gasteiger partial charge in [-0.2, -0.15) is 0 Å². The van der Waals surface area contributed by atoms with Gasteiger partial charge in [-0.15, -0.1) is 0 Å². The quantitative estimate of drug-likeness (QED) is 0.757. The van der Waals surface area contributed by atoms with Crippen molar-refractivity contribution in [2.24, 2.45) is 5.73 Å². The Balaban J connectivity index is 1.81. The van der Waals surface area contributed by atoms with Crippen molar-refractivity contribution in [1.29, 1.82) is 0 Å². The number of nitrogens with one attached hydrogen (secondary N) is 1. The minimum atomic E-state index is 0.105. The third kappa shape index (κ3) is 4.09. The number of carbonyl (C=O) groups excluding carboxylic acids is 1. The third-order valence-corrected chi connectivity index (χ3v) is 2.90. The van der Waals surface area contributed by atoms with E-state index in [4.69, 9.17) is 5.73 Å². The van der Waals surface area contributed by atoms with E-state index in [1.807, 2.05) is 24.1 Å². The van der Waals surface area contributed by atoms with Crippen LogP contribution in [0, 0.1) is 0 Å². The third-order valence-electron chi connectivity index (χ3n) is 2.90. The van der Waals surface area contributed by atoms with Gasteiger partial charge in [-0.1, -0.05) is 0 Å². The number of pyridine rings is 1. The van der Waals surface area contributed by atoms with Crippen LogP contribution in [0.3, 0.4) is 0 Å². The summed E-state index contributed by atoms with van der Waals surface area (Å²) in [6.07, 6.45) is 4.01. The van der Waals surface area contributed by atoms with Crippen LogP contribution in [0.4, 0.5) is 0 Å². The Bertz CT molecular complexity index is 417. The van der Waals surface area contributed by atoms with Gasteiger partial charge in [0.05, 0.1) is 12.2 Å². The molecule has 5 heteroatoms. The van der Waals surface area contributed by atoms with Crippen molar-refractivity contribution >= 4 is 5.91 Å². The van der Waals surface area contributed by atoms with Crippen molar-refractivity contribution in [3.8, 4) is 0 Å². The Morgan fingerprint density at radius 2 is 2.39 bits per heavy atom. The predicted octanol–water partition coefficient (Wildman–Crippen LogP) is 0.251. The van der Waals surface area contributed by atoms with Crippen LogP contribution >= 0.6 is 0 Å². The molecule has 2 rings (SSSR count). The van der Waals surface area contributed by atoms with Crippen molar-refractivity contribution in [3.63, 3.8) is 0 Å². The molecule has 0 unspecified atom stereocenters. The minimum Gasteiger partial charge on any atom is -0.352 e. The van der Waals surface area contributed by atoms with E-state index in [2.05, 4.69) is 10.3 Å². The number of hydrogen-bond acceptors (Lipinski definition) is 4. The molecule has 5 nitrogen and oxygen atoms in total. The molecule has 98 valence electrons. The monoisotopic (exact) mass is 248 g/mol. The molecule has 0 spiro atoms. The topological polar surface area (TPSA) is 71.2 Å². The van der Waals surface area contributed by atoms with Gasteiger partial charge in [-0.25, -0.2) is 0 Å². The summed E-state index contributed by atoms with van der Waals surface area (Å²) in [5.41, 5.74) is 7.56. The second-order valence-electron chi connectivity index (χ2n) is 4.87. The molecule has 1 aromatic heterocycles. The Hall–Kier alpha value is -1.46. The second-order valence-corrected chi connectivity index (χ2v) is 4.87. The van der Waals surface area contributed by atoms with Crippen molar-refractivity contribution in [1.82, 2.24) is 15.2 Å². The normalized spacial score (nSPS) is 14.8. The fourth-order valence-electron chi connectivity index (χ4n) is 1.85. The molecule has 0 atom stereocenters. The molecule has 1 aliphatic rings. The van der Waals surface area contributed by atoms with E-state index in [1.54, 1.807) is 6.20 Å². The molecule has 0 radical (unpaired) electrons. The van der Waals surface area contributed by atoms with Gasteiger partial charge in [-0.05, 0) is 37.6 Å². The molecule has 1 fully saturated rings. The standard InChI is InChI=1S/C13H20N4O/c1-17(9-13(18)16-11-2-3-11)8-10-4-5-15-12(6-10)7-14/h4-6,11H,2-3,7-9,14H2,1H3,(H,16,18). The highest BCUT2D eigenvalue weighted by atomic mass is 16.2. The summed E-state index contributed by atoms with van der Waals surface area (Å²) < 4.78 is 0.